The van der Waals surface area contributed by atoms with Gasteiger partial charge in [0, 0.05) is 0 Å². The Morgan fingerprint density at radius 3 is 2.12 bits per heavy atom. The molecule has 97 valence electrons. The summed E-state index contributed by atoms with van der Waals surface area (Å²) in [6.07, 6.45) is 5.29. The fourth-order valence-corrected chi connectivity index (χ4v) is 1.97. The van der Waals surface area contributed by atoms with Gasteiger partial charge in [0.25, 0.3) is 0 Å². The summed E-state index contributed by atoms with van der Waals surface area (Å²) >= 11 is 0. The predicted molar refractivity (Wildman–Crippen MR) is 76.6 cm³/mol. The second kappa shape index (κ2) is 10.6. The van der Waals surface area contributed by atoms with Gasteiger partial charge in [-0.15, -0.1) is 12.4 Å². The van der Waals surface area contributed by atoms with Gasteiger partial charge in [-0.05, 0) is 32.4 Å². The Hall–Kier alpha value is -0.545. The first-order valence-electron chi connectivity index (χ1n) is 5.56. The Bertz CT molecular complexity index is 268. The molecule has 5 heteroatoms. The summed E-state index contributed by atoms with van der Waals surface area (Å²) < 4.78 is 0. The van der Waals surface area contributed by atoms with E-state index in [4.69, 9.17) is 0 Å². The van der Waals surface area contributed by atoms with Crippen molar-refractivity contribution in [1.29, 1.82) is 0 Å². The molecule has 2 rings (SSSR count). The molecule has 1 aromatic rings. The monoisotopic (exact) mass is 258 g/mol. The standard InChI is InChI=1S/C12H17BN.ClH.2H2O/c1-3-7-12(8-4-1)13-11-14-9-5-2-6-10-14;;;/h1,3-4,7-8H,2,5-6,9-11H2;1H;2*1H2. The predicted octanol–water partition coefficient (Wildman–Crippen LogP) is 0.232. The lowest BCUT2D eigenvalue weighted by atomic mass is 9.70. The molecule has 1 aliphatic heterocycles. The van der Waals surface area contributed by atoms with Crippen molar-refractivity contribution in [3.63, 3.8) is 0 Å². The number of benzene rings is 1. The zero-order valence-corrected chi connectivity index (χ0v) is 10.9. The lowest BCUT2D eigenvalue weighted by Gasteiger charge is -2.26. The van der Waals surface area contributed by atoms with Crippen LogP contribution in [0.2, 0.25) is 0 Å². The SMILES string of the molecule is Cl.O.O.[B](CN1CCCCC1)c1ccccc1. The Balaban J connectivity index is 0. The number of nitrogens with zero attached hydrogens (tertiary/aromatic N) is 1. The summed E-state index contributed by atoms with van der Waals surface area (Å²) in [5, 5.41) is 0. The lowest BCUT2D eigenvalue weighted by molar-refractivity contribution is 0.263. The van der Waals surface area contributed by atoms with Crippen LogP contribution in [-0.2, 0) is 0 Å². The molecule has 1 radical (unpaired) electrons. The number of hydrogen-bond acceptors (Lipinski definition) is 1. The summed E-state index contributed by atoms with van der Waals surface area (Å²) in [4.78, 5) is 2.54. The molecule has 1 saturated heterocycles. The maximum Gasteiger partial charge on any atom is 0.169 e. The highest BCUT2D eigenvalue weighted by Crippen LogP contribution is 2.07. The minimum Gasteiger partial charge on any atom is -0.412 e. The van der Waals surface area contributed by atoms with Crippen molar-refractivity contribution in [3.8, 4) is 0 Å². The number of likely N-dealkylation sites (tertiary alicyclic amines) is 1. The molecule has 3 nitrogen and oxygen atoms in total. The normalized spacial score (nSPS) is 14.8. The van der Waals surface area contributed by atoms with Crippen molar-refractivity contribution >= 4 is 25.1 Å². The van der Waals surface area contributed by atoms with Crippen LogP contribution in [0.5, 0.6) is 0 Å². The van der Waals surface area contributed by atoms with Gasteiger partial charge in [0.15, 0.2) is 7.28 Å². The molecule has 17 heavy (non-hydrogen) atoms. The van der Waals surface area contributed by atoms with Crippen molar-refractivity contribution in [1.82, 2.24) is 4.90 Å². The van der Waals surface area contributed by atoms with Crippen LogP contribution >= 0.6 is 12.4 Å². The van der Waals surface area contributed by atoms with Crippen molar-refractivity contribution in [2.75, 3.05) is 19.5 Å². The molecule has 1 heterocycles. The Morgan fingerprint density at radius 1 is 0.941 bits per heavy atom. The van der Waals surface area contributed by atoms with Gasteiger partial charge in [0.1, 0.15) is 0 Å². The molecule has 0 atom stereocenters. The topological polar surface area (TPSA) is 66.2 Å². The van der Waals surface area contributed by atoms with Crippen LogP contribution in [0.25, 0.3) is 0 Å². The molecular formula is C12H22BClNO2. The molecule has 4 N–H and O–H groups in total. The molecule has 1 fully saturated rings. The van der Waals surface area contributed by atoms with Gasteiger partial charge in [0.2, 0.25) is 0 Å². The summed E-state index contributed by atoms with van der Waals surface area (Å²) in [7, 11) is 2.32. The van der Waals surface area contributed by atoms with Gasteiger partial charge in [-0.25, -0.2) is 0 Å². The lowest BCUT2D eigenvalue weighted by Crippen LogP contribution is -2.36. The van der Waals surface area contributed by atoms with Crippen molar-refractivity contribution in [2.24, 2.45) is 0 Å². The average Bonchev–Trinajstić information content (AvgIpc) is 2.29. The highest BCUT2D eigenvalue weighted by Gasteiger charge is 2.09. The van der Waals surface area contributed by atoms with E-state index in [1.54, 1.807) is 0 Å². The zero-order chi connectivity index (χ0) is 9.64. The molecule has 0 spiro atoms. The van der Waals surface area contributed by atoms with Crippen LogP contribution in [0.4, 0.5) is 0 Å². The third-order valence-corrected chi connectivity index (χ3v) is 2.83. The Morgan fingerprint density at radius 2 is 1.53 bits per heavy atom. The molecule has 0 saturated carbocycles. The molecule has 1 aliphatic rings. The van der Waals surface area contributed by atoms with Crippen LogP contribution in [0.3, 0.4) is 0 Å². The van der Waals surface area contributed by atoms with Gasteiger partial charge < -0.3 is 15.9 Å². The summed E-state index contributed by atoms with van der Waals surface area (Å²) in [5.74, 6) is 0. The summed E-state index contributed by atoms with van der Waals surface area (Å²) in [5.41, 5.74) is 1.35. The average molecular weight is 259 g/mol. The number of rotatable bonds is 3. The highest BCUT2D eigenvalue weighted by molar-refractivity contribution is 6.53. The Kier molecular flexibility index (Phi) is 11.7. The fraction of sp³-hybridized carbons (Fsp3) is 0.500. The summed E-state index contributed by atoms with van der Waals surface area (Å²) in [6, 6.07) is 10.6. The fourth-order valence-electron chi connectivity index (χ4n) is 1.97. The van der Waals surface area contributed by atoms with E-state index in [1.165, 1.54) is 37.8 Å². The minimum atomic E-state index is 0. The Labute approximate surface area is 110 Å². The quantitative estimate of drug-likeness (QED) is 0.716. The van der Waals surface area contributed by atoms with E-state index in [1.807, 2.05) is 0 Å². The molecular weight excluding hydrogens is 236 g/mol. The first kappa shape index (κ1) is 18.8. The van der Waals surface area contributed by atoms with E-state index in [2.05, 4.69) is 42.5 Å². The van der Waals surface area contributed by atoms with Crippen molar-refractivity contribution in [2.45, 2.75) is 19.3 Å². The van der Waals surface area contributed by atoms with Crippen LogP contribution in [0.1, 0.15) is 19.3 Å². The maximum absolute atomic E-state index is 2.54. The number of piperidine rings is 1. The van der Waals surface area contributed by atoms with Crippen LogP contribution < -0.4 is 5.46 Å². The zero-order valence-electron chi connectivity index (χ0n) is 10.1. The molecule has 0 amide bonds. The largest absolute Gasteiger partial charge is 0.412 e. The van der Waals surface area contributed by atoms with Crippen molar-refractivity contribution < 1.29 is 11.0 Å². The van der Waals surface area contributed by atoms with E-state index in [0.29, 0.717) is 0 Å². The molecule has 0 aromatic heterocycles. The molecule has 0 bridgehead atoms. The second-order valence-corrected chi connectivity index (χ2v) is 3.98. The van der Waals surface area contributed by atoms with E-state index in [9.17, 15) is 0 Å². The second-order valence-electron chi connectivity index (χ2n) is 3.98. The molecule has 1 aromatic carbocycles. The van der Waals surface area contributed by atoms with E-state index in [-0.39, 0.29) is 23.4 Å². The highest BCUT2D eigenvalue weighted by atomic mass is 35.5. The van der Waals surface area contributed by atoms with E-state index >= 15 is 0 Å². The third kappa shape index (κ3) is 6.69. The van der Waals surface area contributed by atoms with Gasteiger partial charge in [-0.2, -0.15) is 0 Å². The third-order valence-electron chi connectivity index (χ3n) is 2.83. The number of halogens is 1. The smallest absolute Gasteiger partial charge is 0.169 e. The van der Waals surface area contributed by atoms with Gasteiger partial charge in [0.05, 0.1) is 0 Å². The van der Waals surface area contributed by atoms with Gasteiger partial charge >= 0.3 is 0 Å². The van der Waals surface area contributed by atoms with Gasteiger partial charge in [-0.1, -0.05) is 42.2 Å². The summed E-state index contributed by atoms with van der Waals surface area (Å²) in [6.45, 7) is 2.56. The van der Waals surface area contributed by atoms with Crippen LogP contribution in [0.15, 0.2) is 30.3 Å². The first-order valence-corrected chi connectivity index (χ1v) is 5.56. The maximum atomic E-state index is 2.54. The number of hydrogen-bond donors (Lipinski definition) is 0. The molecule has 0 aliphatic carbocycles. The first-order chi connectivity index (χ1) is 6.95. The minimum absolute atomic E-state index is 0. The van der Waals surface area contributed by atoms with Gasteiger partial charge in [-0.3, -0.25) is 0 Å². The van der Waals surface area contributed by atoms with Crippen LogP contribution in [-0.4, -0.2) is 42.7 Å². The van der Waals surface area contributed by atoms with Crippen molar-refractivity contribution in [3.05, 3.63) is 30.3 Å². The molecule has 0 unspecified atom stereocenters. The van der Waals surface area contributed by atoms with E-state index < -0.39 is 0 Å². The van der Waals surface area contributed by atoms with E-state index in [0.717, 1.165) is 6.44 Å². The van der Waals surface area contributed by atoms with Crippen LogP contribution in [0, 0.1) is 0 Å².